The van der Waals surface area contributed by atoms with Crippen LogP contribution in [0.2, 0.25) is 0 Å². The van der Waals surface area contributed by atoms with Gasteiger partial charge >= 0.3 is 0 Å². The minimum atomic E-state index is 0.456. The first-order valence-corrected chi connectivity index (χ1v) is 11.7. The van der Waals surface area contributed by atoms with Crippen molar-refractivity contribution in [3.8, 4) is 0 Å². The van der Waals surface area contributed by atoms with E-state index in [2.05, 4.69) is 61.9 Å². The van der Waals surface area contributed by atoms with Gasteiger partial charge in [0, 0.05) is 35.4 Å². The van der Waals surface area contributed by atoms with E-state index in [-0.39, 0.29) is 0 Å². The summed E-state index contributed by atoms with van der Waals surface area (Å²) in [6.07, 6.45) is 3.51. The number of rotatable bonds is 3. The lowest BCUT2D eigenvalue weighted by Gasteiger charge is -1.93. The molecule has 3 aromatic heterocycles. The van der Waals surface area contributed by atoms with E-state index in [4.69, 9.17) is 4.52 Å². The molecule has 0 spiro atoms. The number of hydrogen-bond donors (Lipinski definition) is 0. The topological polar surface area (TPSA) is 64.7 Å². The van der Waals surface area contributed by atoms with Gasteiger partial charge in [-0.3, -0.25) is 0 Å². The van der Waals surface area contributed by atoms with Gasteiger partial charge in [0.05, 0.1) is 11.2 Å². The molecule has 28 heavy (non-hydrogen) atoms. The molecule has 0 saturated heterocycles. The van der Waals surface area contributed by atoms with Gasteiger partial charge in [-0.1, -0.05) is 74.4 Å². The quantitative estimate of drug-likeness (QED) is 0.428. The van der Waals surface area contributed by atoms with E-state index < -0.39 is 0 Å². The maximum absolute atomic E-state index is 4.84. The van der Waals surface area contributed by atoms with Crippen molar-refractivity contribution in [2.24, 2.45) is 0 Å². The van der Waals surface area contributed by atoms with Gasteiger partial charge in [-0.05, 0) is 0 Å². The van der Waals surface area contributed by atoms with E-state index >= 15 is 0 Å². The molecule has 5 nitrogen and oxygen atoms in total. The fourth-order valence-electron chi connectivity index (χ4n) is 1.48. The van der Waals surface area contributed by atoms with Crippen molar-refractivity contribution >= 4 is 22.7 Å². The molecule has 3 aromatic rings. The minimum absolute atomic E-state index is 0.456. The Morgan fingerprint density at radius 2 is 1.39 bits per heavy atom. The van der Waals surface area contributed by atoms with Gasteiger partial charge in [-0.25, -0.2) is 4.98 Å². The van der Waals surface area contributed by atoms with Crippen LogP contribution in [0.4, 0.5) is 0 Å². The van der Waals surface area contributed by atoms with E-state index in [1.54, 1.807) is 34.4 Å². The van der Waals surface area contributed by atoms with Crippen molar-refractivity contribution < 1.29 is 4.52 Å². The summed E-state index contributed by atoms with van der Waals surface area (Å²) in [6.45, 7) is 20.7. The van der Waals surface area contributed by atoms with Crippen LogP contribution >= 0.6 is 22.7 Å². The summed E-state index contributed by atoms with van der Waals surface area (Å²) in [6, 6.07) is 1.88. The first-order valence-electron chi connectivity index (χ1n) is 9.97. The zero-order valence-electron chi connectivity index (χ0n) is 19.1. The molecule has 3 rings (SSSR count). The van der Waals surface area contributed by atoms with Gasteiger partial charge in [0.2, 0.25) is 0 Å². The Bertz CT molecular complexity index is 529. The normalized spacial score (nSPS) is 9.32. The predicted octanol–water partition coefficient (Wildman–Crippen LogP) is 7.78. The average Bonchev–Trinajstić information content (AvgIpc) is 3.49. The highest BCUT2D eigenvalue weighted by Gasteiger charge is 2.00. The Morgan fingerprint density at radius 3 is 1.61 bits per heavy atom. The third kappa shape index (κ3) is 13.6. The van der Waals surface area contributed by atoms with Crippen LogP contribution in [0.15, 0.2) is 33.9 Å². The van der Waals surface area contributed by atoms with Crippen LogP contribution in [0, 0.1) is 0 Å². The Balaban J connectivity index is 0. The van der Waals surface area contributed by atoms with Gasteiger partial charge in [-0.15, -0.1) is 32.9 Å². The van der Waals surface area contributed by atoms with Crippen LogP contribution in [-0.4, -0.2) is 20.3 Å². The van der Waals surface area contributed by atoms with E-state index in [0.717, 1.165) is 10.8 Å². The van der Waals surface area contributed by atoms with Crippen LogP contribution in [0.25, 0.3) is 0 Å². The zero-order chi connectivity index (χ0) is 21.9. The SMILES string of the molecule is CC.CC.CC(C)c1ccno1.CC(C)c1nccs1.CC(C)c1nncs1. The van der Waals surface area contributed by atoms with Gasteiger partial charge in [0.1, 0.15) is 16.3 Å². The highest BCUT2D eigenvalue weighted by Crippen LogP contribution is 2.15. The van der Waals surface area contributed by atoms with Crippen molar-refractivity contribution in [3.05, 3.63) is 45.1 Å². The van der Waals surface area contributed by atoms with Crippen LogP contribution in [0.1, 0.15) is 103 Å². The Kier molecular flexibility index (Phi) is 19.2. The summed E-state index contributed by atoms with van der Waals surface area (Å²) in [5.41, 5.74) is 1.76. The highest BCUT2D eigenvalue weighted by molar-refractivity contribution is 7.09. The molecule has 7 heteroatoms. The zero-order valence-corrected chi connectivity index (χ0v) is 20.8. The van der Waals surface area contributed by atoms with Crippen molar-refractivity contribution in [3.63, 3.8) is 0 Å². The lowest BCUT2D eigenvalue weighted by molar-refractivity contribution is 0.371. The molecule has 160 valence electrons. The van der Waals surface area contributed by atoms with Crippen molar-refractivity contribution in [2.75, 3.05) is 0 Å². The first kappa shape index (κ1) is 28.6. The second kappa shape index (κ2) is 18.7. The summed E-state index contributed by atoms with van der Waals surface area (Å²) in [4.78, 5) is 4.13. The van der Waals surface area contributed by atoms with Gasteiger partial charge in [-0.2, -0.15) is 0 Å². The smallest absolute Gasteiger partial charge is 0.139 e. The molecular weight excluding hydrogens is 388 g/mol. The van der Waals surface area contributed by atoms with E-state index in [0.29, 0.717) is 17.8 Å². The summed E-state index contributed by atoms with van der Waals surface area (Å²) in [5.74, 6) is 2.53. The standard InChI is InChI=1S/C6H9NO.C6H9NS.C5H8N2S.2C2H6/c1-5(2)6-3-4-7-8-6;1-5(2)6-7-3-4-8-6;1-4(2)5-7-6-3-8-5;2*1-2/h2*3-5H,1-2H3;3-4H,1-2H3;2*1-2H3. The fraction of sp³-hybridized carbons (Fsp3) is 0.619. The van der Waals surface area contributed by atoms with Crippen molar-refractivity contribution in [2.45, 2.75) is 87.0 Å². The maximum Gasteiger partial charge on any atom is 0.139 e. The molecule has 0 aromatic carbocycles. The molecule has 0 aliphatic carbocycles. The largest absolute Gasteiger partial charge is 0.361 e. The van der Waals surface area contributed by atoms with Crippen LogP contribution in [0.5, 0.6) is 0 Å². The Hall–Kier alpha value is -1.60. The lowest BCUT2D eigenvalue weighted by atomic mass is 10.2. The van der Waals surface area contributed by atoms with Crippen LogP contribution < -0.4 is 0 Å². The molecule has 0 atom stereocenters. The van der Waals surface area contributed by atoms with E-state index in [1.165, 1.54) is 5.01 Å². The number of thiazole rings is 1. The third-order valence-corrected chi connectivity index (χ3v) is 4.91. The van der Waals surface area contributed by atoms with Crippen molar-refractivity contribution in [1.82, 2.24) is 20.3 Å². The Labute approximate surface area is 179 Å². The maximum atomic E-state index is 4.84. The van der Waals surface area contributed by atoms with Gasteiger partial charge in [0.15, 0.2) is 0 Å². The fourth-order valence-corrected chi connectivity index (χ4v) is 2.70. The summed E-state index contributed by atoms with van der Waals surface area (Å²) >= 11 is 3.33. The summed E-state index contributed by atoms with van der Waals surface area (Å²) in [7, 11) is 0. The minimum Gasteiger partial charge on any atom is -0.361 e. The molecular formula is C21H38N4OS2. The van der Waals surface area contributed by atoms with Gasteiger partial charge in [0.25, 0.3) is 0 Å². The average molecular weight is 427 g/mol. The summed E-state index contributed by atoms with van der Waals surface area (Å²) in [5, 5.41) is 15.5. The molecule has 3 heterocycles. The van der Waals surface area contributed by atoms with E-state index in [9.17, 15) is 0 Å². The molecule has 0 aliphatic heterocycles. The second-order valence-electron chi connectivity index (χ2n) is 6.03. The summed E-state index contributed by atoms with van der Waals surface area (Å²) < 4.78 is 4.84. The number of nitrogens with zero attached hydrogens (tertiary/aromatic N) is 4. The first-order chi connectivity index (χ1) is 13.4. The molecule has 0 fully saturated rings. The second-order valence-corrected chi connectivity index (χ2v) is 7.82. The molecule has 0 amide bonds. The molecule has 0 N–H and O–H groups in total. The third-order valence-electron chi connectivity index (χ3n) is 2.84. The number of hydrogen-bond acceptors (Lipinski definition) is 7. The van der Waals surface area contributed by atoms with E-state index in [1.807, 2.05) is 45.3 Å². The Morgan fingerprint density at radius 1 is 0.786 bits per heavy atom. The lowest BCUT2D eigenvalue weighted by Crippen LogP contribution is -1.83. The van der Waals surface area contributed by atoms with Crippen molar-refractivity contribution in [1.29, 1.82) is 0 Å². The monoisotopic (exact) mass is 426 g/mol. The number of aromatic nitrogens is 4. The highest BCUT2D eigenvalue weighted by atomic mass is 32.1. The molecule has 0 aliphatic rings. The predicted molar refractivity (Wildman–Crippen MR) is 123 cm³/mol. The van der Waals surface area contributed by atoms with Crippen LogP contribution in [0.3, 0.4) is 0 Å². The molecule has 0 saturated carbocycles. The molecule has 0 unspecified atom stereocenters. The molecule has 0 radical (unpaired) electrons. The molecule has 0 bridgehead atoms. The van der Waals surface area contributed by atoms with Gasteiger partial charge < -0.3 is 4.52 Å². The van der Waals surface area contributed by atoms with Crippen LogP contribution in [-0.2, 0) is 0 Å².